The van der Waals surface area contributed by atoms with Gasteiger partial charge in [0.2, 0.25) is 5.91 Å². The van der Waals surface area contributed by atoms with Crippen LogP contribution in [-0.2, 0) is 14.3 Å². The van der Waals surface area contributed by atoms with Crippen molar-refractivity contribution in [3.63, 3.8) is 0 Å². The second-order valence-electron chi connectivity index (χ2n) is 4.53. The summed E-state index contributed by atoms with van der Waals surface area (Å²) < 4.78 is 5.28. The van der Waals surface area contributed by atoms with Gasteiger partial charge in [0.1, 0.15) is 6.04 Å². The molecular weight excluding hydrogens is 296 g/mol. The number of anilines is 1. The molecule has 1 aromatic rings. The van der Waals surface area contributed by atoms with Gasteiger partial charge in [0, 0.05) is 28.9 Å². The van der Waals surface area contributed by atoms with Crippen LogP contribution in [0, 0.1) is 0 Å². The standard InChI is InChI=1S/C14H15ClN2O4/c15-10-2-1-3-11(9(10)4-5-13(18)19)17-6-7-21-8-12(17)14(16)20/h1-5,12H,6-8H2,(H2,16,20)(H,18,19)/b5-4+. The van der Waals surface area contributed by atoms with Crippen molar-refractivity contribution >= 4 is 35.2 Å². The largest absolute Gasteiger partial charge is 0.478 e. The number of carboxylic acid groups (broad SMARTS) is 1. The lowest BCUT2D eigenvalue weighted by Gasteiger charge is -2.36. The molecule has 21 heavy (non-hydrogen) atoms. The van der Waals surface area contributed by atoms with Gasteiger partial charge < -0.3 is 20.5 Å². The molecule has 0 radical (unpaired) electrons. The van der Waals surface area contributed by atoms with E-state index in [0.717, 1.165) is 6.08 Å². The second kappa shape index (κ2) is 6.60. The number of nitrogens with two attached hydrogens (primary N) is 1. The average Bonchev–Trinajstić information content (AvgIpc) is 2.45. The van der Waals surface area contributed by atoms with Crippen molar-refractivity contribution in [2.45, 2.75) is 6.04 Å². The number of aliphatic carboxylic acids is 1. The van der Waals surface area contributed by atoms with Gasteiger partial charge in [0.25, 0.3) is 0 Å². The Morgan fingerprint density at radius 3 is 2.90 bits per heavy atom. The van der Waals surface area contributed by atoms with E-state index in [1.807, 2.05) is 0 Å². The van der Waals surface area contributed by atoms with Gasteiger partial charge in [0.05, 0.1) is 13.2 Å². The normalized spacial score (nSPS) is 18.9. The van der Waals surface area contributed by atoms with E-state index < -0.39 is 17.9 Å². The highest BCUT2D eigenvalue weighted by Crippen LogP contribution is 2.31. The third kappa shape index (κ3) is 3.53. The highest BCUT2D eigenvalue weighted by atomic mass is 35.5. The van der Waals surface area contributed by atoms with Gasteiger partial charge in [-0.1, -0.05) is 17.7 Å². The number of ether oxygens (including phenoxy) is 1. The first-order chi connectivity index (χ1) is 10.0. The summed E-state index contributed by atoms with van der Waals surface area (Å²) in [6.07, 6.45) is 2.41. The number of carboxylic acids is 1. The second-order valence-corrected chi connectivity index (χ2v) is 4.94. The van der Waals surface area contributed by atoms with Crippen molar-refractivity contribution in [2.24, 2.45) is 5.73 Å². The van der Waals surface area contributed by atoms with Crippen LogP contribution in [0.25, 0.3) is 6.08 Å². The lowest BCUT2D eigenvalue weighted by atomic mass is 10.1. The maximum Gasteiger partial charge on any atom is 0.328 e. The van der Waals surface area contributed by atoms with E-state index in [4.69, 9.17) is 27.2 Å². The Kier molecular flexibility index (Phi) is 4.82. The summed E-state index contributed by atoms with van der Waals surface area (Å²) >= 11 is 6.14. The molecule has 1 saturated heterocycles. The van der Waals surface area contributed by atoms with Crippen molar-refractivity contribution in [2.75, 3.05) is 24.7 Å². The van der Waals surface area contributed by atoms with Crippen LogP contribution in [0.3, 0.4) is 0 Å². The molecule has 1 fully saturated rings. The van der Waals surface area contributed by atoms with E-state index in [1.54, 1.807) is 23.1 Å². The molecule has 0 spiro atoms. The van der Waals surface area contributed by atoms with Crippen molar-refractivity contribution in [1.29, 1.82) is 0 Å². The molecule has 3 N–H and O–H groups in total. The molecule has 0 saturated carbocycles. The zero-order chi connectivity index (χ0) is 15.4. The number of halogens is 1. The molecule has 7 heteroatoms. The van der Waals surface area contributed by atoms with Gasteiger partial charge in [-0.2, -0.15) is 0 Å². The maximum absolute atomic E-state index is 11.6. The first-order valence-electron chi connectivity index (χ1n) is 6.34. The summed E-state index contributed by atoms with van der Waals surface area (Å²) in [6.45, 7) is 1.13. The Bertz CT molecular complexity index is 588. The number of carbonyl (C=O) groups excluding carboxylic acids is 1. The van der Waals surface area contributed by atoms with Gasteiger partial charge in [-0.05, 0) is 18.2 Å². The van der Waals surface area contributed by atoms with Crippen LogP contribution in [0.2, 0.25) is 5.02 Å². The van der Waals surface area contributed by atoms with Gasteiger partial charge in [-0.15, -0.1) is 0 Å². The third-order valence-corrected chi connectivity index (χ3v) is 3.52. The summed E-state index contributed by atoms with van der Waals surface area (Å²) in [5.74, 6) is -1.57. The number of morpholine rings is 1. The molecule has 1 aromatic carbocycles. The fourth-order valence-electron chi connectivity index (χ4n) is 2.22. The summed E-state index contributed by atoms with van der Waals surface area (Å²) in [5, 5.41) is 9.17. The Balaban J connectivity index is 2.44. The summed E-state index contributed by atoms with van der Waals surface area (Å²) in [5.41, 5.74) is 6.60. The molecule has 1 atom stereocenters. The number of nitrogens with zero attached hydrogens (tertiary/aromatic N) is 1. The number of hydrogen-bond acceptors (Lipinski definition) is 4. The zero-order valence-corrected chi connectivity index (χ0v) is 11.9. The van der Waals surface area contributed by atoms with Crippen molar-refractivity contribution in [1.82, 2.24) is 0 Å². The molecule has 2 rings (SSSR count). The molecule has 0 bridgehead atoms. The molecular formula is C14H15ClN2O4. The lowest BCUT2D eigenvalue weighted by Crippen LogP contribution is -2.52. The SMILES string of the molecule is NC(=O)C1COCCN1c1cccc(Cl)c1/C=C/C(=O)O. The maximum atomic E-state index is 11.6. The predicted molar refractivity (Wildman–Crippen MR) is 79.3 cm³/mol. The number of carbonyl (C=O) groups is 2. The Morgan fingerprint density at radius 2 is 2.24 bits per heavy atom. The van der Waals surface area contributed by atoms with Crippen LogP contribution >= 0.6 is 11.6 Å². The van der Waals surface area contributed by atoms with Crippen LogP contribution in [0.15, 0.2) is 24.3 Å². The minimum absolute atomic E-state index is 0.198. The highest BCUT2D eigenvalue weighted by Gasteiger charge is 2.29. The third-order valence-electron chi connectivity index (χ3n) is 3.19. The molecule has 6 nitrogen and oxygen atoms in total. The zero-order valence-electron chi connectivity index (χ0n) is 11.2. The number of benzene rings is 1. The molecule has 1 aliphatic rings. The van der Waals surface area contributed by atoms with Crippen LogP contribution in [-0.4, -0.2) is 42.8 Å². The van der Waals surface area contributed by atoms with E-state index in [0.29, 0.717) is 29.4 Å². The van der Waals surface area contributed by atoms with Crippen molar-refractivity contribution in [3.05, 3.63) is 34.9 Å². The van der Waals surface area contributed by atoms with Gasteiger partial charge >= 0.3 is 5.97 Å². The molecule has 0 aromatic heterocycles. The van der Waals surface area contributed by atoms with E-state index in [1.165, 1.54) is 6.08 Å². The van der Waals surface area contributed by atoms with Crippen molar-refractivity contribution < 1.29 is 19.4 Å². The highest BCUT2D eigenvalue weighted by molar-refractivity contribution is 6.32. The molecule has 1 amide bonds. The first kappa shape index (κ1) is 15.3. The molecule has 112 valence electrons. The van der Waals surface area contributed by atoms with E-state index >= 15 is 0 Å². The van der Waals surface area contributed by atoms with Crippen LogP contribution in [0.4, 0.5) is 5.69 Å². The summed E-state index contributed by atoms with van der Waals surface area (Å²) in [4.78, 5) is 24.1. The molecule has 0 aliphatic carbocycles. The monoisotopic (exact) mass is 310 g/mol. The van der Waals surface area contributed by atoms with Crippen LogP contribution in [0.1, 0.15) is 5.56 Å². The van der Waals surface area contributed by atoms with E-state index in [9.17, 15) is 9.59 Å². The van der Waals surface area contributed by atoms with Gasteiger partial charge in [-0.25, -0.2) is 4.79 Å². The molecule has 1 heterocycles. The fraction of sp³-hybridized carbons (Fsp3) is 0.286. The topological polar surface area (TPSA) is 92.9 Å². The quantitative estimate of drug-likeness (QED) is 0.813. The van der Waals surface area contributed by atoms with E-state index in [2.05, 4.69) is 0 Å². The Morgan fingerprint density at radius 1 is 1.48 bits per heavy atom. The Labute approximate surface area is 126 Å². The van der Waals surface area contributed by atoms with Gasteiger partial charge in [-0.3, -0.25) is 4.79 Å². The Hall–Kier alpha value is -2.05. The van der Waals surface area contributed by atoms with Crippen LogP contribution in [0.5, 0.6) is 0 Å². The summed E-state index contributed by atoms with van der Waals surface area (Å²) in [7, 11) is 0. The molecule has 1 aliphatic heterocycles. The molecule has 1 unspecified atom stereocenters. The summed E-state index contributed by atoms with van der Waals surface area (Å²) in [6, 6.07) is 4.57. The number of hydrogen-bond donors (Lipinski definition) is 2. The first-order valence-corrected chi connectivity index (χ1v) is 6.71. The van der Waals surface area contributed by atoms with Crippen molar-refractivity contribution in [3.8, 4) is 0 Å². The smallest absolute Gasteiger partial charge is 0.328 e. The minimum Gasteiger partial charge on any atom is -0.478 e. The van der Waals surface area contributed by atoms with E-state index in [-0.39, 0.29) is 6.61 Å². The lowest BCUT2D eigenvalue weighted by molar-refractivity contribution is -0.131. The average molecular weight is 311 g/mol. The minimum atomic E-state index is -1.07. The fourth-order valence-corrected chi connectivity index (χ4v) is 2.46. The van der Waals surface area contributed by atoms with Gasteiger partial charge in [0.15, 0.2) is 0 Å². The predicted octanol–water partition coefficient (Wildman–Crippen LogP) is 1.13. The number of rotatable bonds is 4. The number of amides is 1. The number of primary amides is 1. The van der Waals surface area contributed by atoms with Crippen LogP contribution < -0.4 is 10.6 Å².